The molecule has 0 aliphatic carbocycles. The Hall–Kier alpha value is -2.27. The second-order valence-electron chi connectivity index (χ2n) is 4.59. The lowest BCUT2D eigenvalue weighted by Gasteiger charge is -2.06. The molecule has 1 heterocycles. The summed E-state index contributed by atoms with van der Waals surface area (Å²) in [5, 5.41) is 12.3. The molecule has 0 N–H and O–H groups in total. The number of benzene rings is 2. The van der Waals surface area contributed by atoms with Crippen molar-refractivity contribution in [1.29, 1.82) is 0 Å². The van der Waals surface area contributed by atoms with E-state index >= 15 is 0 Å². The minimum Gasteiger partial charge on any atom is -0.258 e. The molecule has 0 fully saturated rings. The molecule has 0 unspecified atom stereocenters. The van der Waals surface area contributed by atoms with Gasteiger partial charge in [-0.2, -0.15) is 0 Å². The van der Waals surface area contributed by atoms with Gasteiger partial charge in [0.05, 0.1) is 21.5 Å². The maximum atomic E-state index is 11.3. The second kappa shape index (κ2) is 5.61. The fourth-order valence-electron chi connectivity index (χ4n) is 2.33. The van der Waals surface area contributed by atoms with E-state index in [4.69, 9.17) is 0 Å². The smallest absolute Gasteiger partial charge is 0.258 e. The Bertz CT molecular complexity index is 819. The summed E-state index contributed by atoms with van der Waals surface area (Å²) >= 11 is 3.29. The highest BCUT2D eigenvalue weighted by Crippen LogP contribution is 2.31. The number of nitro benzene ring substituents is 1. The van der Waals surface area contributed by atoms with Crippen molar-refractivity contribution in [2.75, 3.05) is 0 Å². The van der Waals surface area contributed by atoms with Gasteiger partial charge >= 0.3 is 0 Å². The SMILES string of the molecule is O=[N+]([O-])c1c(CBr)ccc2nc(-c3ccccc3)ccc12. The number of nitro groups is 1. The number of alkyl halides is 1. The summed E-state index contributed by atoms with van der Waals surface area (Å²) in [6.07, 6.45) is 0. The molecule has 0 atom stereocenters. The molecule has 0 spiro atoms. The third-order valence-corrected chi connectivity index (χ3v) is 3.93. The molecule has 3 aromatic rings. The van der Waals surface area contributed by atoms with Crippen LogP contribution in [0.2, 0.25) is 0 Å². The van der Waals surface area contributed by atoms with E-state index in [2.05, 4.69) is 20.9 Å². The van der Waals surface area contributed by atoms with Crippen LogP contribution in [0.15, 0.2) is 54.6 Å². The van der Waals surface area contributed by atoms with Crippen LogP contribution in [0.25, 0.3) is 22.2 Å². The molecule has 0 amide bonds. The molecule has 0 saturated carbocycles. The lowest BCUT2D eigenvalue weighted by atomic mass is 10.1. The van der Waals surface area contributed by atoms with Gasteiger partial charge in [-0.3, -0.25) is 10.1 Å². The summed E-state index contributed by atoms with van der Waals surface area (Å²) in [5.41, 5.74) is 3.21. The number of rotatable bonds is 3. The van der Waals surface area contributed by atoms with Gasteiger partial charge < -0.3 is 0 Å². The molecule has 2 aromatic carbocycles. The first-order valence-corrected chi connectivity index (χ1v) is 7.51. The molecule has 1 aromatic heterocycles. The topological polar surface area (TPSA) is 56.0 Å². The first-order chi connectivity index (χ1) is 10.2. The average Bonchev–Trinajstić information content (AvgIpc) is 2.53. The van der Waals surface area contributed by atoms with Crippen LogP contribution in [-0.4, -0.2) is 9.91 Å². The van der Waals surface area contributed by atoms with Crippen LogP contribution in [0, 0.1) is 10.1 Å². The zero-order valence-corrected chi connectivity index (χ0v) is 12.6. The first-order valence-electron chi connectivity index (χ1n) is 6.39. The van der Waals surface area contributed by atoms with Crippen molar-refractivity contribution >= 4 is 32.5 Å². The Labute approximate surface area is 129 Å². The van der Waals surface area contributed by atoms with E-state index in [9.17, 15) is 10.1 Å². The van der Waals surface area contributed by atoms with Crippen molar-refractivity contribution < 1.29 is 4.92 Å². The predicted molar refractivity (Wildman–Crippen MR) is 86.5 cm³/mol. The highest BCUT2D eigenvalue weighted by molar-refractivity contribution is 9.08. The minimum absolute atomic E-state index is 0.122. The lowest BCUT2D eigenvalue weighted by Crippen LogP contribution is -1.96. The molecule has 0 saturated heterocycles. The van der Waals surface area contributed by atoms with E-state index in [1.165, 1.54) is 0 Å². The third kappa shape index (κ3) is 2.52. The van der Waals surface area contributed by atoms with Gasteiger partial charge in [0.2, 0.25) is 0 Å². The lowest BCUT2D eigenvalue weighted by molar-refractivity contribution is -0.383. The summed E-state index contributed by atoms with van der Waals surface area (Å²) < 4.78 is 0. The molecule has 5 heteroatoms. The Morgan fingerprint density at radius 2 is 1.81 bits per heavy atom. The number of nitrogens with zero attached hydrogens (tertiary/aromatic N) is 2. The maximum Gasteiger partial charge on any atom is 0.282 e. The molecular formula is C16H11BrN2O2. The quantitative estimate of drug-likeness (QED) is 0.393. The molecule has 3 rings (SSSR count). The van der Waals surface area contributed by atoms with Crippen LogP contribution in [-0.2, 0) is 5.33 Å². The van der Waals surface area contributed by atoms with Crippen molar-refractivity contribution in [3.05, 3.63) is 70.3 Å². The highest BCUT2D eigenvalue weighted by Gasteiger charge is 2.18. The molecule has 0 aliphatic rings. The van der Waals surface area contributed by atoms with E-state index in [0.717, 1.165) is 11.3 Å². The molecular weight excluding hydrogens is 332 g/mol. The third-order valence-electron chi connectivity index (χ3n) is 3.32. The molecule has 0 bridgehead atoms. The molecule has 21 heavy (non-hydrogen) atoms. The Balaban J connectivity index is 2.23. The largest absolute Gasteiger partial charge is 0.282 e. The van der Waals surface area contributed by atoms with Crippen molar-refractivity contribution in [3.63, 3.8) is 0 Å². The van der Waals surface area contributed by atoms with E-state index in [0.29, 0.717) is 21.8 Å². The van der Waals surface area contributed by atoms with Gasteiger partial charge in [0, 0.05) is 16.5 Å². The zero-order chi connectivity index (χ0) is 14.8. The van der Waals surface area contributed by atoms with Gasteiger partial charge in [0.1, 0.15) is 0 Å². The van der Waals surface area contributed by atoms with Crippen molar-refractivity contribution in [1.82, 2.24) is 4.98 Å². The fourth-order valence-corrected chi connectivity index (χ4v) is 2.78. The normalized spacial score (nSPS) is 10.7. The van der Waals surface area contributed by atoms with Crippen molar-refractivity contribution in [2.45, 2.75) is 5.33 Å². The second-order valence-corrected chi connectivity index (χ2v) is 5.15. The van der Waals surface area contributed by atoms with Gasteiger partial charge in [-0.25, -0.2) is 4.98 Å². The van der Waals surface area contributed by atoms with Gasteiger partial charge in [-0.05, 0) is 24.3 Å². The number of aromatic nitrogens is 1. The van der Waals surface area contributed by atoms with Crippen LogP contribution < -0.4 is 0 Å². The van der Waals surface area contributed by atoms with Crippen LogP contribution in [0.3, 0.4) is 0 Å². The zero-order valence-electron chi connectivity index (χ0n) is 11.0. The molecule has 0 radical (unpaired) electrons. The van der Waals surface area contributed by atoms with Crippen molar-refractivity contribution in [3.8, 4) is 11.3 Å². The van der Waals surface area contributed by atoms with Crippen LogP contribution >= 0.6 is 15.9 Å². The van der Waals surface area contributed by atoms with E-state index in [-0.39, 0.29) is 10.6 Å². The van der Waals surface area contributed by atoms with Gasteiger partial charge in [0.15, 0.2) is 0 Å². The average molecular weight is 343 g/mol. The fraction of sp³-hybridized carbons (Fsp3) is 0.0625. The molecule has 104 valence electrons. The number of halogens is 1. The monoisotopic (exact) mass is 342 g/mol. The number of hydrogen-bond donors (Lipinski definition) is 0. The minimum atomic E-state index is -0.344. The van der Waals surface area contributed by atoms with Gasteiger partial charge in [0.25, 0.3) is 5.69 Å². The van der Waals surface area contributed by atoms with Gasteiger partial charge in [-0.1, -0.05) is 46.3 Å². The Kier molecular flexibility index (Phi) is 3.66. The van der Waals surface area contributed by atoms with E-state index in [1.807, 2.05) is 42.5 Å². The standard InChI is InChI=1S/C16H11BrN2O2/c17-10-12-6-8-15-13(16(12)19(20)21)7-9-14(18-15)11-4-2-1-3-5-11/h1-9H,10H2. The summed E-state index contributed by atoms with van der Waals surface area (Å²) in [6.45, 7) is 0. The molecule has 4 nitrogen and oxygen atoms in total. The number of hydrogen-bond acceptors (Lipinski definition) is 3. The molecule has 0 aliphatic heterocycles. The first kappa shape index (κ1) is 13.7. The van der Waals surface area contributed by atoms with E-state index in [1.54, 1.807) is 12.1 Å². The van der Waals surface area contributed by atoms with E-state index < -0.39 is 0 Å². The summed E-state index contributed by atoms with van der Waals surface area (Å²) in [7, 11) is 0. The maximum absolute atomic E-state index is 11.3. The number of pyridine rings is 1. The summed E-state index contributed by atoms with van der Waals surface area (Å²) in [5.74, 6) is 0. The predicted octanol–water partition coefficient (Wildman–Crippen LogP) is 4.70. The van der Waals surface area contributed by atoms with Crippen LogP contribution in [0.1, 0.15) is 5.56 Å². The van der Waals surface area contributed by atoms with Gasteiger partial charge in [-0.15, -0.1) is 0 Å². The summed E-state index contributed by atoms with van der Waals surface area (Å²) in [6, 6.07) is 16.9. The van der Waals surface area contributed by atoms with Crippen LogP contribution in [0.4, 0.5) is 5.69 Å². The van der Waals surface area contributed by atoms with Crippen LogP contribution in [0.5, 0.6) is 0 Å². The summed E-state index contributed by atoms with van der Waals surface area (Å²) in [4.78, 5) is 15.5. The Morgan fingerprint density at radius 3 is 2.48 bits per heavy atom. The van der Waals surface area contributed by atoms with Crippen molar-refractivity contribution in [2.24, 2.45) is 0 Å². The number of fused-ring (bicyclic) bond motifs is 1. The Morgan fingerprint density at radius 1 is 1.05 bits per heavy atom. The highest BCUT2D eigenvalue weighted by atomic mass is 79.9.